The summed E-state index contributed by atoms with van der Waals surface area (Å²) in [7, 11) is 0. The summed E-state index contributed by atoms with van der Waals surface area (Å²) < 4.78 is 13.7. The highest BCUT2D eigenvalue weighted by atomic mass is 19.1. The molecule has 1 unspecified atom stereocenters. The monoisotopic (exact) mass is 520 g/mol. The Labute approximate surface area is 223 Å². The summed E-state index contributed by atoms with van der Waals surface area (Å²) in [6.07, 6.45) is 11.3. The van der Waals surface area contributed by atoms with Gasteiger partial charge in [-0.2, -0.15) is 0 Å². The number of amides is 2. The molecule has 1 atom stereocenters. The van der Waals surface area contributed by atoms with Crippen LogP contribution in [0.4, 0.5) is 15.8 Å². The fourth-order valence-electron chi connectivity index (χ4n) is 5.09. The number of nitrogens with two attached hydrogens (primary N) is 1. The molecule has 2 amide bonds. The van der Waals surface area contributed by atoms with E-state index in [0.717, 1.165) is 41.7 Å². The first kappa shape index (κ1) is 27.4. The Hall–Kier alpha value is -3.65. The molecule has 0 spiro atoms. The van der Waals surface area contributed by atoms with Gasteiger partial charge in [0, 0.05) is 30.7 Å². The zero-order chi connectivity index (χ0) is 27.4. The van der Waals surface area contributed by atoms with E-state index < -0.39 is 11.8 Å². The number of rotatable bonds is 7. The lowest BCUT2D eigenvalue weighted by molar-refractivity contribution is -0.137. The molecule has 38 heavy (non-hydrogen) atoms. The summed E-state index contributed by atoms with van der Waals surface area (Å²) >= 11 is 0. The summed E-state index contributed by atoms with van der Waals surface area (Å²) in [6.45, 7) is 6.18. The maximum Gasteiger partial charge on any atom is 0.255 e. The maximum atomic E-state index is 13.7. The van der Waals surface area contributed by atoms with Gasteiger partial charge in [-0.1, -0.05) is 18.2 Å². The van der Waals surface area contributed by atoms with Crippen LogP contribution in [0.2, 0.25) is 0 Å². The molecule has 202 valence electrons. The number of hydrogen-bond donors (Lipinski definition) is 4. The summed E-state index contributed by atoms with van der Waals surface area (Å²) in [5.41, 5.74) is 10.3. The second kappa shape index (κ2) is 11.4. The minimum atomic E-state index is -0.971. The van der Waals surface area contributed by atoms with Crippen molar-refractivity contribution in [3.8, 4) is 0 Å². The van der Waals surface area contributed by atoms with Crippen molar-refractivity contribution in [3.05, 3.63) is 76.8 Å². The first-order chi connectivity index (χ1) is 18.1. The van der Waals surface area contributed by atoms with Crippen LogP contribution in [-0.4, -0.2) is 40.1 Å². The molecule has 1 aromatic carbocycles. The number of benzene rings is 1. The van der Waals surface area contributed by atoms with E-state index in [1.54, 1.807) is 29.2 Å². The number of halogens is 1. The van der Waals surface area contributed by atoms with Crippen LogP contribution >= 0.6 is 0 Å². The Bertz CT molecular complexity index is 1270. The van der Waals surface area contributed by atoms with E-state index in [-0.39, 0.29) is 17.6 Å². The van der Waals surface area contributed by atoms with Crippen molar-refractivity contribution in [2.75, 3.05) is 17.6 Å². The summed E-state index contributed by atoms with van der Waals surface area (Å²) in [4.78, 5) is 27.2. The molecule has 1 aliphatic heterocycles. The van der Waals surface area contributed by atoms with Gasteiger partial charge in [-0.3, -0.25) is 9.59 Å². The molecule has 0 bridgehead atoms. The van der Waals surface area contributed by atoms with E-state index in [1.807, 2.05) is 39.0 Å². The van der Waals surface area contributed by atoms with Gasteiger partial charge in [0.15, 0.2) is 0 Å². The summed E-state index contributed by atoms with van der Waals surface area (Å²) in [5.74, 6) is -0.375. The number of likely N-dealkylation sites (tertiary alicyclic amines) is 1. The lowest BCUT2D eigenvalue weighted by Gasteiger charge is -2.40. The molecule has 4 rings (SSSR count). The lowest BCUT2D eigenvalue weighted by Crippen LogP contribution is -2.58. The number of nitrogens with zero attached hydrogens (tertiary/aromatic N) is 1. The van der Waals surface area contributed by atoms with Crippen LogP contribution in [0.1, 0.15) is 64.9 Å². The Balaban J connectivity index is 1.49. The van der Waals surface area contributed by atoms with E-state index in [4.69, 9.17) is 5.73 Å². The molecule has 7 nitrogen and oxygen atoms in total. The highest BCUT2D eigenvalue weighted by Crippen LogP contribution is 2.32. The van der Waals surface area contributed by atoms with Crippen LogP contribution in [0.5, 0.6) is 0 Å². The van der Waals surface area contributed by atoms with E-state index in [9.17, 15) is 19.1 Å². The average molecular weight is 521 g/mol. The highest BCUT2D eigenvalue weighted by Gasteiger charge is 2.40. The van der Waals surface area contributed by atoms with Gasteiger partial charge >= 0.3 is 0 Å². The summed E-state index contributed by atoms with van der Waals surface area (Å²) in [5, 5.41) is 17.0. The predicted molar refractivity (Wildman–Crippen MR) is 149 cm³/mol. The molecule has 0 radical (unpaired) electrons. The highest BCUT2D eigenvalue weighted by molar-refractivity contribution is 6.08. The summed E-state index contributed by atoms with van der Waals surface area (Å²) in [6, 6.07) is 5.46. The minimum absolute atomic E-state index is 0.0452. The zero-order valence-corrected chi connectivity index (χ0v) is 22.3. The Kier molecular flexibility index (Phi) is 8.21. The van der Waals surface area contributed by atoms with Crippen molar-refractivity contribution in [3.63, 3.8) is 0 Å². The van der Waals surface area contributed by atoms with Crippen LogP contribution < -0.4 is 16.4 Å². The number of nitrogens with one attached hydrogen (secondary N) is 2. The maximum absolute atomic E-state index is 13.7. The van der Waals surface area contributed by atoms with Crippen molar-refractivity contribution >= 4 is 28.8 Å². The number of aliphatic hydroxyl groups is 1. The van der Waals surface area contributed by atoms with Gasteiger partial charge in [0.1, 0.15) is 6.23 Å². The molecule has 1 aromatic rings. The molecule has 1 heterocycles. The fraction of sp³-hybridized carbons (Fsp3) is 0.400. The fourth-order valence-corrected chi connectivity index (χ4v) is 5.09. The SMILES string of the molecule is CC=C1CC(NC(O)C(C)(C)N2CCCC2=O)=CC=C1C(=O)Nc1cc(C2=CC=C(F)CCC2)ccc1N. The second-order valence-corrected chi connectivity index (χ2v) is 10.5. The number of nitrogen functional groups attached to an aromatic ring is 1. The molecule has 1 fully saturated rings. The number of carbonyl (C=O) groups excluding carboxylic acids is 2. The van der Waals surface area contributed by atoms with Crippen molar-refractivity contribution in [2.24, 2.45) is 0 Å². The molecule has 0 saturated carbocycles. The van der Waals surface area contributed by atoms with Crippen LogP contribution in [-0.2, 0) is 9.59 Å². The Morgan fingerprint density at radius 3 is 2.66 bits per heavy atom. The quantitative estimate of drug-likeness (QED) is 0.296. The Morgan fingerprint density at radius 2 is 1.95 bits per heavy atom. The van der Waals surface area contributed by atoms with Crippen molar-refractivity contribution < 1.29 is 19.1 Å². The van der Waals surface area contributed by atoms with Crippen molar-refractivity contribution in [1.82, 2.24) is 10.2 Å². The molecule has 0 aromatic heterocycles. The van der Waals surface area contributed by atoms with Crippen LogP contribution in [0.25, 0.3) is 5.57 Å². The van der Waals surface area contributed by atoms with Gasteiger partial charge in [-0.25, -0.2) is 4.39 Å². The van der Waals surface area contributed by atoms with Crippen molar-refractivity contribution in [1.29, 1.82) is 0 Å². The largest absolute Gasteiger partial charge is 0.397 e. The van der Waals surface area contributed by atoms with E-state index in [2.05, 4.69) is 10.6 Å². The molecule has 2 aliphatic carbocycles. The normalized spacial score (nSPS) is 20.3. The molecular weight excluding hydrogens is 483 g/mol. The standard InChI is InChI=1S/C30H37FN4O3/c1-4-19-17-23(33-29(38)30(2,3)35-16-6-9-27(35)36)13-14-24(19)28(37)34-26-18-21(11-15-25(26)32)20-7-5-8-22(31)12-10-20/h4,10-15,18,29,33,38H,5-9,16-17,32H2,1-3H3,(H,34,37). The molecule has 1 saturated heterocycles. The van der Waals surface area contributed by atoms with E-state index in [0.29, 0.717) is 42.8 Å². The molecule has 3 aliphatic rings. The third-order valence-electron chi connectivity index (χ3n) is 7.53. The van der Waals surface area contributed by atoms with Crippen LogP contribution in [0.3, 0.4) is 0 Å². The van der Waals surface area contributed by atoms with Gasteiger partial charge in [0.25, 0.3) is 5.91 Å². The van der Waals surface area contributed by atoms with Gasteiger partial charge in [0.2, 0.25) is 5.91 Å². The number of anilines is 2. The number of hydrogen-bond acceptors (Lipinski definition) is 5. The number of aliphatic hydroxyl groups excluding tert-OH is 1. The average Bonchev–Trinajstić information content (AvgIpc) is 3.22. The number of carbonyl (C=O) groups is 2. The third-order valence-corrected chi connectivity index (χ3v) is 7.53. The van der Waals surface area contributed by atoms with E-state index >= 15 is 0 Å². The smallest absolute Gasteiger partial charge is 0.255 e. The first-order valence-corrected chi connectivity index (χ1v) is 13.2. The topological polar surface area (TPSA) is 108 Å². The van der Waals surface area contributed by atoms with Crippen LogP contribution in [0, 0.1) is 0 Å². The minimum Gasteiger partial charge on any atom is -0.397 e. The molecular formula is C30H37FN4O3. The van der Waals surface area contributed by atoms with Gasteiger partial charge in [-0.15, -0.1) is 0 Å². The predicted octanol–water partition coefficient (Wildman–Crippen LogP) is 5.10. The Morgan fingerprint density at radius 1 is 1.16 bits per heavy atom. The van der Waals surface area contributed by atoms with Gasteiger partial charge in [0.05, 0.1) is 22.7 Å². The lowest BCUT2D eigenvalue weighted by atomic mass is 9.93. The first-order valence-electron chi connectivity index (χ1n) is 13.2. The van der Waals surface area contributed by atoms with Crippen molar-refractivity contribution in [2.45, 2.75) is 71.1 Å². The van der Waals surface area contributed by atoms with E-state index in [1.165, 1.54) is 6.08 Å². The molecule has 5 N–H and O–H groups in total. The number of allylic oxidation sites excluding steroid dienone is 8. The van der Waals surface area contributed by atoms with Gasteiger partial charge in [-0.05, 0) is 93.5 Å². The second-order valence-electron chi connectivity index (χ2n) is 10.5. The zero-order valence-electron chi connectivity index (χ0n) is 22.3. The van der Waals surface area contributed by atoms with Crippen LogP contribution in [0.15, 0.2) is 71.2 Å². The van der Waals surface area contributed by atoms with Gasteiger partial charge < -0.3 is 26.4 Å². The third kappa shape index (κ3) is 5.91. The molecule has 8 heteroatoms.